The van der Waals surface area contributed by atoms with Crippen molar-refractivity contribution in [2.24, 2.45) is 27.1 Å². The number of hydrogen-bond acceptors (Lipinski definition) is 0. The topological polar surface area (TPSA) is 0 Å². The summed E-state index contributed by atoms with van der Waals surface area (Å²) in [5.41, 5.74) is 2.50. The van der Waals surface area contributed by atoms with Gasteiger partial charge in [-0.15, -0.1) is 0 Å². The van der Waals surface area contributed by atoms with E-state index >= 15 is 0 Å². The minimum atomic E-state index is 0. The van der Waals surface area contributed by atoms with Crippen molar-refractivity contribution in [1.29, 1.82) is 0 Å². The van der Waals surface area contributed by atoms with Crippen LogP contribution in [0.25, 0.3) is 0 Å². The van der Waals surface area contributed by atoms with Gasteiger partial charge in [-0.1, -0.05) is 146 Å². The molecule has 0 heteroatoms. The van der Waals surface area contributed by atoms with Crippen molar-refractivity contribution in [3.05, 3.63) is 0 Å². The lowest BCUT2D eigenvalue weighted by Crippen LogP contribution is -1.93. The molecule has 0 rings (SSSR count). The normalized spacial score (nSPS) is 11.5. The first-order valence-corrected chi connectivity index (χ1v) is 10.0. The Kier molecular flexibility index (Phi) is 25.0. The van der Waals surface area contributed by atoms with Crippen molar-refractivity contribution in [3.8, 4) is 0 Å². The van der Waals surface area contributed by atoms with Crippen molar-refractivity contribution in [1.82, 2.24) is 0 Å². The second-order valence-corrected chi connectivity index (χ2v) is 15.0. The average Bonchev–Trinajstić information content (AvgIpc) is 1.79. The summed E-state index contributed by atoms with van der Waals surface area (Å²) in [6, 6.07) is 0. The molecule has 0 aromatic carbocycles. The first-order valence-electron chi connectivity index (χ1n) is 10.0. The predicted octanol–water partition coefficient (Wildman–Crippen LogP) is 10.9. The maximum absolute atomic E-state index is 2.19. The van der Waals surface area contributed by atoms with Gasteiger partial charge in [0.25, 0.3) is 0 Å². The first kappa shape index (κ1) is 40.6. The summed E-state index contributed by atoms with van der Waals surface area (Å²) >= 11 is 0. The van der Waals surface area contributed by atoms with Gasteiger partial charge in [0, 0.05) is 0 Å². The Morgan fingerprint density at radius 2 is 0.192 bits per heavy atom. The summed E-state index contributed by atoms with van der Waals surface area (Å²) in [7, 11) is 0. The van der Waals surface area contributed by atoms with Gasteiger partial charge in [-0.05, 0) is 27.1 Å². The summed E-state index contributed by atoms with van der Waals surface area (Å²) in [6.07, 6.45) is 0. The molecule has 0 spiro atoms. The Hall–Kier alpha value is 0. The van der Waals surface area contributed by atoms with Crippen LogP contribution in [0, 0.1) is 27.1 Å². The Morgan fingerprint density at radius 3 is 0.192 bits per heavy atom. The van der Waals surface area contributed by atoms with Crippen LogP contribution in [0.1, 0.15) is 146 Å². The quantitative estimate of drug-likeness (QED) is 0.394. The lowest BCUT2D eigenvalue weighted by atomic mass is 10.0. The van der Waals surface area contributed by atoms with E-state index in [1.807, 2.05) is 0 Å². The average molecular weight is 377 g/mol. The molecule has 0 aliphatic heterocycles. The second-order valence-electron chi connectivity index (χ2n) is 15.0. The molecule has 168 valence electrons. The van der Waals surface area contributed by atoms with Gasteiger partial charge in [0.05, 0.1) is 0 Å². The van der Waals surface area contributed by atoms with Crippen LogP contribution < -0.4 is 0 Å². The molecule has 0 amide bonds. The molecule has 26 heavy (non-hydrogen) atoms. The predicted molar refractivity (Wildman–Crippen MR) is 132 cm³/mol. The molecule has 0 atom stereocenters. The lowest BCUT2D eigenvalue weighted by molar-refractivity contribution is 0.469. The molecular formula is C26H64. The van der Waals surface area contributed by atoms with Crippen LogP contribution in [0.5, 0.6) is 0 Å². The molecule has 0 radical (unpaired) electrons. The van der Waals surface area contributed by atoms with Crippen LogP contribution in [-0.2, 0) is 0 Å². The van der Waals surface area contributed by atoms with Gasteiger partial charge >= 0.3 is 0 Å². The fourth-order valence-corrected chi connectivity index (χ4v) is 0. The third-order valence-corrected chi connectivity index (χ3v) is 0. The molecule has 0 N–H and O–H groups in total. The highest BCUT2D eigenvalue weighted by Crippen LogP contribution is 2.09. The van der Waals surface area contributed by atoms with Crippen molar-refractivity contribution >= 4 is 0 Å². The second kappa shape index (κ2) is 16.0. The van der Waals surface area contributed by atoms with Crippen molar-refractivity contribution in [3.63, 3.8) is 0 Å². The van der Waals surface area contributed by atoms with E-state index < -0.39 is 0 Å². The zero-order chi connectivity index (χ0) is 22.5. The maximum atomic E-state index is 2.19. The van der Waals surface area contributed by atoms with Gasteiger partial charge in [-0.25, -0.2) is 0 Å². The van der Waals surface area contributed by atoms with E-state index in [1.165, 1.54) is 0 Å². The number of hydrogen-bond donors (Lipinski definition) is 0. The molecule has 0 saturated heterocycles. The fourth-order valence-electron chi connectivity index (χ4n) is 0. The van der Waals surface area contributed by atoms with E-state index in [0.717, 1.165) is 0 Å². The van der Waals surface area contributed by atoms with Crippen LogP contribution in [0.15, 0.2) is 0 Å². The smallest absolute Gasteiger partial charge is 0.0411 e. The Morgan fingerprint density at radius 1 is 0.192 bits per heavy atom. The van der Waals surface area contributed by atoms with Gasteiger partial charge in [0.15, 0.2) is 0 Å². The van der Waals surface area contributed by atoms with E-state index in [1.54, 1.807) is 0 Å². The Balaban J connectivity index is -0.0000000476. The molecule has 0 bridgehead atoms. The Labute approximate surface area is 173 Å². The summed E-state index contributed by atoms with van der Waals surface area (Å²) in [5.74, 6) is 0. The molecular weight excluding hydrogens is 312 g/mol. The van der Waals surface area contributed by atoms with Crippen LogP contribution >= 0.6 is 0 Å². The minimum absolute atomic E-state index is 0. The summed E-state index contributed by atoms with van der Waals surface area (Å²) in [5, 5.41) is 0. The third-order valence-electron chi connectivity index (χ3n) is 0. The zero-order valence-corrected chi connectivity index (χ0v) is 22.5. The van der Waals surface area contributed by atoms with Gasteiger partial charge in [-0.3, -0.25) is 0 Å². The van der Waals surface area contributed by atoms with Crippen molar-refractivity contribution < 1.29 is 0 Å². The Bertz CT molecular complexity index is 147. The van der Waals surface area contributed by atoms with E-state index in [2.05, 4.69) is 138 Å². The van der Waals surface area contributed by atoms with E-state index in [9.17, 15) is 0 Å². The largest absolute Gasteiger partial charge is 0.0776 e. The highest BCUT2D eigenvalue weighted by Gasteiger charge is 1.97. The summed E-state index contributed by atoms with van der Waals surface area (Å²) in [6.45, 7) is 43.8. The van der Waals surface area contributed by atoms with Crippen LogP contribution in [0.2, 0.25) is 0 Å². The monoisotopic (exact) mass is 377 g/mol. The first-order chi connectivity index (χ1) is 10.0. The molecule has 0 aliphatic rings. The van der Waals surface area contributed by atoms with Gasteiger partial charge in [-0.2, -0.15) is 0 Å². The highest BCUT2D eigenvalue weighted by molar-refractivity contribution is 4.49. The van der Waals surface area contributed by atoms with Crippen molar-refractivity contribution in [2.75, 3.05) is 0 Å². The van der Waals surface area contributed by atoms with Gasteiger partial charge in [0.2, 0.25) is 0 Å². The minimum Gasteiger partial charge on any atom is -0.0776 e. The number of rotatable bonds is 0. The standard InChI is InChI=1S/5C5H12.CH4/c5*1-5(2,3)4;/h5*1-4H3;1H4. The van der Waals surface area contributed by atoms with Crippen LogP contribution in [0.4, 0.5) is 0 Å². The molecule has 0 saturated carbocycles. The SMILES string of the molecule is C.CC(C)(C)C.CC(C)(C)C.CC(C)(C)C.CC(C)(C)C.CC(C)(C)C. The molecule has 0 heterocycles. The van der Waals surface area contributed by atoms with E-state index in [0.29, 0.717) is 27.1 Å². The molecule has 0 fully saturated rings. The van der Waals surface area contributed by atoms with E-state index in [4.69, 9.17) is 0 Å². The molecule has 0 unspecified atom stereocenters. The van der Waals surface area contributed by atoms with Gasteiger partial charge < -0.3 is 0 Å². The fraction of sp³-hybridized carbons (Fsp3) is 1.00. The molecule has 0 nitrogen and oxygen atoms in total. The lowest BCUT2D eigenvalue weighted by Gasteiger charge is -2.05. The van der Waals surface area contributed by atoms with E-state index in [-0.39, 0.29) is 7.43 Å². The summed E-state index contributed by atoms with van der Waals surface area (Å²) in [4.78, 5) is 0. The molecule has 0 aromatic heterocycles. The van der Waals surface area contributed by atoms with Crippen molar-refractivity contribution in [2.45, 2.75) is 146 Å². The van der Waals surface area contributed by atoms with Crippen LogP contribution in [-0.4, -0.2) is 0 Å². The third kappa shape index (κ3) is 0. The molecule has 0 aliphatic carbocycles. The molecule has 0 aromatic rings. The summed E-state index contributed by atoms with van der Waals surface area (Å²) < 4.78 is 0. The van der Waals surface area contributed by atoms with Gasteiger partial charge in [0.1, 0.15) is 0 Å². The highest BCUT2D eigenvalue weighted by atomic mass is 14.0. The maximum Gasteiger partial charge on any atom is -0.0411 e. The van der Waals surface area contributed by atoms with Crippen LogP contribution in [0.3, 0.4) is 0 Å². The zero-order valence-electron chi connectivity index (χ0n) is 22.5.